The number of nitrogens with zero attached hydrogens (tertiary/aromatic N) is 3. The van der Waals surface area contributed by atoms with E-state index in [1.54, 1.807) is 4.68 Å². The Balaban J connectivity index is 2.33. The van der Waals surface area contributed by atoms with Crippen molar-refractivity contribution in [1.29, 1.82) is 0 Å². The molecule has 2 rings (SSSR count). The van der Waals surface area contributed by atoms with E-state index in [9.17, 15) is 5.11 Å². The van der Waals surface area contributed by atoms with Crippen molar-refractivity contribution < 1.29 is 5.11 Å². The number of aromatic nitrogens is 3. The van der Waals surface area contributed by atoms with Crippen LogP contribution in [0.3, 0.4) is 0 Å². The summed E-state index contributed by atoms with van der Waals surface area (Å²) in [7, 11) is 1.83. The summed E-state index contributed by atoms with van der Waals surface area (Å²) in [4.78, 5) is 4.18. The molecule has 0 aliphatic carbocycles. The zero-order valence-electron chi connectivity index (χ0n) is 10.5. The molecule has 0 fully saturated rings. The minimum atomic E-state index is -0.912. The van der Waals surface area contributed by atoms with Crippen LogP contribution in [-0.2, 0) is 19.1 Å². The van der Waals surface area contributed by atoms with Gasteiger partial charge in [-0.25, -0.2) is 4.98 Å². The van der Waals surface area contributed by atoms with Crippen molar-refractivity contribution in [2.45, 2.75) is 25.4 Å². The Morgan fingerprint density at radius 3 is 2.78 bits per heavy atom. The second-order valence-corrected chi connectivity index (χ2v) is 5.29. The molecule has 0 amide bonds. The third-order valence-electron chi connectivity index (χ3n) is 3.20. The standard InChI is InChI=1S/C13H16BrN3O/c1-3-13(18,8-12-15-9-16-17(12)2)10-5-4-6-11(14)7-10/h4-7,9,18H,3,8H2,1-2H3. The van der Waals surface area contributed by atoms with Gasteiger partial charge in [0.1, 0.15) is 12.2 Å². The highest BCUT2D eigenvalue weighted by Crippen LogP contribution is 2.30. The van der Waals surface area contributed by atoms with Gasteiger partial charge in [0, 0.05) is 17.9 Å². The highest BCUT2D eigenvalue weighted by atomic mass is 79.9. The smallest absolute Gasteiger partial charge is 0.138 e. The Bertz CT molecular complexity index is 541. The Morgan fingerprint density at radius 1 is 1.44 bits per heavy atom. The number of rotatable bonds is 4. The molecule has 1 N–H and O–H groups in total. The Morgan fingerprint density at radius 2 is 2.22 bits per heavy atom. The molecular formula is C13H16BrN3O. The molecular weight excluding hydrogens is 294 g/mol. The van der Waals surface area contributed by atoms with E-state index < -0.39 is 5.60 Å². The molecule has 96 valence electrons. The fraction of sp³-hybridized carbons (Fsp3) is 0.385. The summed E-state index contributed by atoms with van der Waals surface area (Å²) in [6.07, 6.45) is 2.58. The van der Waals surface area contributed by atoms with E-state index in [0.29, 0.717) is 12.8 Å². The third-order valence-corrected chi connectivity index (χ3v) is 3.70. The molecule has 0 bridgehead atoms. The zero-order chi connectivity index (χ0) is 13.2. The topological polar surface area (TPSA) is 50.9 Å². The van der Waals surface area contributed by atoms with E-state index in [1.807, 2.05) is 38.2 Å². The van der Waals surface area contributed by atoms with Crippen molar-refractivity contribution in [1.82, 2.24) is 14.8 Å². The van der Waals surface area contributed by atoms with Crippen LogP contribution >= 0.6 is 15.9 Å². The number of benzene rings is 1. The Kier molecular flexibility index (Phi) is 3.82. The maximum atomic E-state index is 10.8. The average molecular weight is 310 g/mol. The predicted molar refractivity (Wildman–Crippen MR) is 73.0 cm³/mol. The van der Waals surface area contributed by atoms with Crippen LogP contribution in [0.4, 0.5) is 0 Å². The van der Waals surface area contributed by atoms with Gasteiger partial charge in [-0.05, 0) is 24.1 Å². The largest absolute Gasteiger partial charge is 0.385 e. The van der Waals surface area contributed by atoms with Gasteiger partial charge >= 0.3 is 0 Å². The second-order valence-electron chi connectivity index (χ2n) is 4.37. The van der Waals surface area contributed by atoms with E-state index in [2.05, 4.69) is 26.0 Å². The Hall–Kier alpha value is -1.20. The minimum Gasteiger partial charge on any atom is -0.385 e. The quantitative estimate of drug-likeness (QED) is 0.943. The van der Waals surface area contributed by atoms with Gasteiger partial charge in [-0.1, -0.05) is 35.0 Å². The molecule has 1 atom stereocenters. The minimum absolute atomic E-state index is 0.455. The van der Waals surface area contributed by atoms with Gasteiger partial charge < -0.3 is 5.11 Å². The molecule has 0 saturated heterocycles. The lowest BCUT2D eigenvalue weighted by Gasteiger charge is -2.27. The molecule has 0 radical (unpaired) electrons. The van der Waals surface area contributed by atoms with E-state index in [4.69, 9.17) is 0 Å². The molecule has 18 heavy (non-hydrogen) atoms. The van der Waals surface area contributed by atoms with Crippen molar-refractivity contribution in [3.8, 4) is 0 Å². The molecule has 4 nitrogen and oxygen atoms in total. The summed E-state index contributed by atoms with van der Waals surface area (Å²) in [5.74, 6) is 0.777. The fourth-order valence-electron chi connectivity index (χ4n) is 1.95. The average Bonchev–Trinajstić information content (AvgIpc) is 2.75. The van der Waals surface area contributed by atoms with E-state index in [-0.39, 0.29) is 0 Å². The number of hydrogen-bond donors (Lipinski definition) is 1. The first-order valence-electron chi connectivity index (χ1n) is 5.86. The van der Waals surface area contributed by atoms with E-state index >= 15 is 0 Å². The first kappa shape index (κ1) is 13.2. The summed E-state index contributed by atoms with van der Waals surface area (Å²) in [6.45, 7) is 1.97. The zero-order valence-corrected chi connectivity index (χ0v) is 12.1. The first-order chi connectivity index (χ1) is 8.55. The van der Waals surface area contributed by atoms with E-state index in [1.165, 1.54) is 6.33 Å². The lowest BCUT2D eigenvalue weighted by atomic mass is 9.87. The van der Waals surface area contributed by atoms with Crippen molar-refractivity contribution in [3.05, 3.63) is 46.5 Å². The number of aryl methyl sites for hydroxylation is 1. The lowest BCUT2D eigenvalue weighted by Crippen LogP contribution is -2.29. The van der Waals surface area contributed by atoms with E-state index in [0.717, 1.165) is 15.9 Å². The van der Waals surface area contributed by atoms with Crippen LogP contribution in [0.2, 0.25) is 0 Å². The lowest BCUT2D eigenvalue weighted by molar-refractivity contribution is 0.0298. The van der Waals surface area contributed by atoms with Crippen LogP contribution < -0.4 is 0 Å². The van der Waals surface area contributed by atoms with Crippen LogP contribution in [0.15, 0.2) is 35.1 Å². The molecule has 2 aromatic rings. The summed E-state index contributed by atoms with van der Waals surface area (Å²) in [5, 5.41) is 14.8. The van der Waals surface area contributed by atoms with Gasteiger partial charge in [0.2, 0.25) is 0 Å². The van der Waals surface area contributed by atoms with Gasteiger partial charge in [-0.3, -0.25) is 4.68 Å². The molecule has 1 aromatic carbocycles. The van der Waals surface area contributed by atoms with Gasteiger partial charge in [-0.15, -0.1) is 0 Å². The fourth-order valence-corrected chi connectivity index (χ4v) is 2.35. The molecule has 1 aromatic heterocycles. The van der Waals surface area contributed by atoms with Crippen LogP contribution in [0.5, 0.6) is 0 Å². The van der Waals surface area contributed by atoms with Crippen LogP contribution in [0.1, 0.15) is 24.7 Å². The molecule has 0 spiro atoms. The van der Waals surface area contributed by atoms with Crippen molar-refractivity contribution in [3.63, 3.8) is 0 Å². The second kappa shape index (κ2) is 5.20. The maximum absolute atomic E-state index is 10.8. The van der Waals surface area contributed by atoms with Crippen molar-refractivity contribution in [2.75, 3.05) is 0 Å². The number of aliphatic hydroxyl groups is 1. The summed E-state index contributed by atoms with van der Waals surface area (Å²) >= 11 is 3.43. The highest BCUT2D eigenvalue weighted by Gasteiger charge is 2.29. The molecule has 1 unspecified atom stereocenters. The first-order valence-corrected chi connectivity index (χ1v) is 6.66. The summed E-state index contributed by atoms with van der Waals surface area (Å²) in [5.41, 5.74) is -0.0210. The van der Waals surface area contributed by atoms with Crippen molar-refractivity contribution in [2.24, 2.45) is 7.05 Å². The number of halogens is 1. The maximum Gasteiger partial charge on any atom is 0.138 e. The molecule has 1 heterocycles. The predicted octanol–water partition coefficient (Wildman–Crippen LogP) is 2.42. The van der Waals surface area contributed by atoms with Gasteiger partial charge in [0.05, 0.1) is 5.60 Å². The van der Waals surface area contributed by atoms with Crippen LogP contribution in [-0.4, -0.2) is 19.9 Å². The van der Waals surface area contributed by atoms with Gasteiger partial charge in [-0.2, -0.15) is 5.10 Å². The molecule has 5 heteroatoms. The monoisotopic (exact) mass is 309 g/mol. The summed E-state index contributed by atoms with van der Waals surface area (Å²) in [6, 6.07) is 7.75. The summed E-state index contributed by atoms with van der Waals surface area (Å²) < 4.78 is 2.66. The third kappa shape index (κ3) is 2.62. The van der Waals surface area contributed by atoms with Crippen LogP contribution in [0, 0.1) is 0 Å². The van der Waals surface area contributed by atoms with Crippen LogP contribution in [0.25, 0.3) is 0 Å². The molecule has 0 saturated carbocycles. The van der Waals surface area contributed by atoms with Gasteiger partial charge in [0.25, 0.3) is 0 Å². The Labute approximate surface area is 115 Å². The normalized spacial score (nSPS) is 14.4. The molecule has 0 aliphatic heterocycles. The van der Waals surface area contributed by atoms with Gasteiger partial charge in [0.15, 0.2) is 0 Å². The SMILES string of the molecule is CCC(O)(Cc1ncnn1C)c1cccc(Br)c1. The number of hydrogen-bond acceptors (Lipinski definition) is 3. The highest BCUT2D eigenvalue weighted by molar-refractivity contribution is 9.10. The molecule has 0 aliphatic rings. The van der Waals surface area contributed by atoms with Crippen molar-refractivity contribution >= 4 is 15.9 Å².